The molecule has 0 spiro atoms. The Hall–Kier alpha value is -2.83. The van der Waals surface area contributed by atoms with Gasteiger partial charge in [0.15, 0.2) is 0 Å². The van der Waals surface area contributed by atoms with E-state index in [0.717, 1.165) is 16.7 Å². The number of halogens is 1. The Morgan fingerprint density at radius 3 is 2.20 bits per heavy atom. The van der Waals surface area contributed by atoms with Crippen LogP contribution in [0.4, 0.5) is 5.69 Å². The Morgan fingerprint density at radius 1 is 0.867 bits per heavy atom. The highest BCUT2D eigenvalue weighted by Crippen LogP contribution is 2.22. The quantitative estimate of drug-likeness (QED) is 0.564. The van der Waals surface area contributed by atoms with E-state index in [2.05, 4.69) is 10.0 Å². The summed E-state index contributed by atoms with van der Waals surface area (Å²) in [5.41, 5.74) is 4.27. The molecule has 0 heterocycles. The third-order valence-electron chi connectivity index (χ3n) is 4.87. The van der Waals surface area contributed by atoms with Crippen LogP contribution in [0.3, 0.4) is 0 Å². The maximum Gasteiger partial charge on any atom is 0.262 e. The minimum Gasteiger partial charge on any atom is -0.348 e. The van der Waals surface area contributed by atoms with Gasteiger partial charge in [0, 0.05) is 22.8 Å². The molecular weight excluding hydrogens is 420 g/mol. The topological polar surface area (TPSA) is 75.3 Å². The normalized spacial score (nSPS) is 11.2. The summed E-state index contributed by atoms with van der Waals surface area (Å²) in [5.74, 6) is -0.354. The van der Waals surface area contributed by atoms with Crippen molar-refractivity contribution in [3.63, 3.8) is 0 Å². The lowest BCUT2D eigenvalue weighted by Crippen LogP contribution is -2.23. The fourth-order valence-corrected chi connectivity index (χ4v) is 4.38. The zero-order valence-electron chi connectivity index (χ0n) is 17.0. The third-order valence-corrected chi connectivity index (χ3v) is 6.64. The number of carbonyl (C=O) groups is 1. The first kappa shape index (κ1) is 21.9. The van der Waals surface area contributed by atoms with Gasteiger partial charge in [-0.1, -0.05) is 35.9 Å². The van der Waals surface area contributed by atoms with Crippen molar-refractivity contribution >= 4 is 33.2 Å². The number of sulfonamides is 1. The summed E-state index contributed by atoms with van der Waals surface area (Å²) < 4.78 is 28.5. The van der Waals surface area contributed by atoms with Crippen LogP contribution in [0.25, 0.3) is 0 Å². The van der Waals surface area contributed by atoms with Gasteiger partial charge in [0.25, 0.3) is 15.9 Å². The second-order valence-corrected chi connectivity index (χ2v) is 9.28. The Bertz CT molecular complexity index is 1190. The molecule has 3 aromatic rings. The molecule has 0 saturated carbocycles. The number of rotatable bonds is 6. The molecule has 0 atom stereocenters. The van der Waals surface area contributed by atoms with E-state index in [9.17, 15) is 13.2 Å². The van der Waals surface area contributed by atoms with E-state index in [0.29, 0.717) is 22.8 Å². The molecule has 0 aromatic heterocycles. The molecule has 0 saturated heterocycles. The van der Waals surface area contributed by atoms with E-state index < -0.39 is 10.0 Å². The van der Waals surface area contributed by atoms with Gasteiger partial charge in [0.05, 0.1) is 4.90 Å². The van der Waals surface area contributed by atoms with Crippen LogP contribution in [0.5, 0.6) is 0 Å². The number of hydrogen-bond acceptors (Lipinski definition) is 3. The summed E-state index contributed by atoms with van der Waals surface area (Å²) >= 11 is 5.87. The van der Waals surface area contributed by atoms with Gasteiger partial charge in [-0.3, -0.25) is 9.52 Å². The van der Waals surface area contributed by atoms with Crippen molar-refractivity contribution in [1.29, 1.82) is 0 Å². The van der Waals surface area contributed by atoms with Crippen molar-refractivity contribution < 1.29 is 13.2 Å². The lowest BCUT2D eigenvalue weighted by molar-refractivity contribution is 0.0950. The smallest absolute Gasteiger partial charge is 0.262 e. The average Bonchev–Trinajstić information content (AvgIpc) is 2.70. The number of aryl methyl sites for hydroxylation is 3. The molecule has 2 N–H and O–H groups in total. The van der Waals surface area contributed by atoms with Crippen LogP contribution >= 0.6 is 11.6 Å². The van der Waals surface area contributed by atoms with Crippen LogP contribution in [0.1, 0.15) is 32.6 Å². The maximum atomic E-state index is 12.9. The average molecular weight is 443 g/mol. The number of amides is 1. The summed E-state index contributed by atoms with van der Waals surface area (Å²) in [7, 11) is -3.85. The van der Waals surface area contributed by atoms with Crippen molar-refractivity contribution in [3.05, 3.63) is 93.5 Å². The number of carbonyl (C=O) groups excluding carboxylic acids is 1. The van der Waals surface area contributed by atoms with E-state index in [-0.39, 0.29) is 16.4 Å². The second-order valence-electron chi connectivity index (χ2n) is 7.19. The molecule has 0 fully saturated rings. The second kappa shape index (κ2) is 8.90. The molecule has 156 valence electrons. The summed E-state index contributed by atoms with van der Waals surface area (Å²) in [6.45, 7) is 5.89. The number of nitrogens with one attached hydrogen (secondary N) is 2. The minimum absolute atomic E-state index is 0.0693. The van der Waals surface area contributed by atoms with Gasteiger partial charge in [0.1, 0.15) is 0 Å². The van der Waals surface area contributed by atoms with Crippen LogP contribution in [0, 0.1) is 20.8 Å². The monoisotopic (exact) mass is 442 g/mol. The molecule has 1 amide bonds. The van der Waals surface area contributed by atoms with E-state index in [4.69, 9.17) is 11.6 Å². The van der Waals surface area contributed by atoms with Crippen LogP contribution in [0.2, 0.25) is 5.02 Å². The van der Waals surface area contributed by atoms with Crippen molar-refractivity contribution in [1.82, 2.24) is 5.32 Å². The molecule has 0 aliphatic rings. The van der Waals surface area contributed by atoms with Gasteiger partial charge in [-0.15, -0.1) is 0 Å². The Balaban J connectivity index is 1.80. The lowest BCUT2D eigenvalue weighted by Gasteiger charge is -2.13. The van der Waals surface area contributed by atoms with Crippen LogP contribution in [0.15, 0.2) is 65.6 Å². The van der Waals surface area contributed by atoms with Gasteiger partial charge >= 0.3 is 0 Å². The molecule has 3 rings (SSSR count). The summed E-state index contributed by atoms with van der Waals surface area (Å²) in [4.78, 5) is 12.6. The predicted octanol–water partition coefficient (Wildman–Crippen LogP) is 5.00. The van der Waals surface area contributed by atoms with E-state index in [1.807, 2.05) is 32.0 Å². The van der Waals surface area contributed by atoms with Crippen LogP contribution in [-0.2, 0) is 16.6 Å². The van der Waals surface area contributed by atoms with Gasteiger partial charge in [-0.05, 0) is 79.4 Å². The maximum absolute atomic E-state index is 12.9. The number of hydrogen-bond donors (Lipinski definition) is 2. The number of benzene rings is 3. The SMILES string of the molecule is Cc1ccc(NS(=O)(=O)c2cc(C(=O)NCc3ccc(Cl)cc3)ccc2C)cc1C. The first-order valence-electron chi connectivity index (χ1n) is 9.39. The molecule has 0 aliphatic carbocycles. The summed E-state index contributed by atoms with van der Waals surface area (Å²) in [6, 6.07) is 17.1. The van der Waals surface area contributed by atoms with Gasteiger partial charge in [0.2, 0.25) is 0 Å². The molecule has 0 bridgehead atoms. The van der Waals surface area contributed by atoms with Gasteiger partial charge in [-0.25, -0.2) is 8.42 Å². The molecule has 7 heteroatoms. The van der Waals surface area contributed by atoms with E-state index in [1.54, 1.807) is 43.3 Å². The first-order valence-corrected chi connectivity index (χ1v) is 11.3. The van der Waals surface area contributed by atoms with E-state index >= 15 is 0 Å². The van der Waals surface area contributed by atoms with Crippen molar-refractivity contribution in [2.24, 2.45) is 0 Å². The molecule has 30 heavy (non-hydrogen) atoms. The number of anilines is 1. The van der Waals surface area contributed by atoms with Gasteiger partial charge < -0.3 is 5.32 Å². The Kier molecular flexibility index (Phi) is 6.48. The zero-order valence-corrected chi connectivity index (χ0v) is 18.6. The van der Waals surface area contributed by atoms with Crippen molar-refractivity contribution in [3.8, 4) is 0 Å². The van der Waals surface area contributed by atoms with Crippen molar-refractivity contribution in [2.45, 2.75) is 32.2 Å². The highest BCUT2D eigenvalue weighted by atomic mass is 35.5. The summed E-state index contributed by atoms with van der Waals surface area (Å²) in [6.07, 6.45) is 0. The summed E-state index contributed by atoms with van der Waals surface area (Å²) in [5, 5.41) is 3.42. The fourth-order valence-electron chi connectivity index (χ4n) is 2.93. The molecule has 0 unspecified atom stereocenters. The molecular formula is C23H23ClN2O3S. The third kappa shape index (κ3) is 5.20. The largest absolute Gasteiger partial charge is 0.348 e. The van der Waals surface area contributed by atoms with Crippen LogP contribution < -0.4 is 10.0 Å². The highest BCUT2D eigenvalue weighted by molar-refractivity contribution is 7.92. The van der Waals surface area contributed by atoms with E-state index in [1.165, 1.54) is 6.07 Å². The predicted molar refractivity (Wildman–Crippen MR) is 121 cm³/mol. The minimum atomic E-state index is -3.85. The first-order chi connectivity index (χ1) is 14.2. The Labute approximate surface area is 182 Å². The molecule has 3 aromatic carbocycles. The Morgan fingerprint density at radius 2 is 1.53 bits per heavy atom. The lowest BCUT2D eigenvalue weighted by atomic mass is 10.1. The molecule has 5 nitrogen and oxygen atoms in total. The zero-order chi connectivity index (χ0) is 21.9. The highest BCUT2D eigenvalue weighted by Gasteiger charge is 2.19. The molecule has 0 aliphatic heterocycles. The van der Waals surface area contributed by atoms with Gasteiger partial charge in [-0.2, -0.15) is 0 Å². The fraction of sp³-hybridized carbons (Fsp3) is 0.174. The molecule has 0 radical (unpaired) electrons. The standard InChI is InChI=1S/C23H23ClN2O3S/c1-15-5-11-21(12-17(15)3)26-30(28,29)22-13-19(8-4-16(22)2)23(27)25-14-18-6-9-20(24)10-7-18/h4-13,26H,14H2,1-3H3,(H,25,27). The van der Waals surface area contributed by atoms with Crippen molar-refractivity contribution in [2.75, 3.05) is 4.72 Å². The van der Waals surface area contributed by atoms with Crippen LogP contribution in [-0.4, -0.2) is 14.3 Å².